The third-order valence-corrected chi connectivity index (χ3v) is 3.83. The third-order valence-electron chi connectivity index (χ3n) is 3.83. The Bertz CT molecular complexity index is 567. The molecule has 114 valence electrons. The lowest BCUT2D eigenvalue weighted by Gasteiger charge is -2.29. The third kappa shape index (κ3) is 4.18. The number of hydrogen-bond acceptors (Lipinski definition) is 4. The maximum Gasteiger partial charge on any atom is 0.344 e. The topological polar surface area (TPSA) is 88.3 Å². The van der Waals surface area contributed by atoms with Crippen LogP contribution in [-0.4, -0.2) is 29.5 Å². The Kier molecular flexibility index (Phi) is 5.14. The molecule has 1 amide bonds. The Balaban J connectivity index is 1.82. The average molecular weight is 292 g/mol. The zero-order valence-electron chi connectivity index (χ0n) is 12.1. The molecule has 1 aromatic rings. The number of aromatic nitrogens is 1. The Morgan fingerprint density at radius 2 is 2.14 bits per heavy atom. The van der Waals surface area contributed by atoms with Crippen molar-refractivity contribution in [3.63, 3.8) is 0 Å². The van der Waals surface area contributed by atoms with E-state index >= 15 is 0 Å². The van der Waals surface area contributed by atoms with Crippen LogP contribution in [-0.2, 0) is 9.53 Å². The van der Waals surface area contributed by atoms with Gasteiger partial charge < -0.3 is 15.0 Å². The molecule has 0 bridgehead atoms. The lowest BCUT2D eigenvalue weighted by Crippen LogP contribution is -2.43. The van der Waals surface area contributed by atoms with Crippen molar-refractivity contribution in [2.75, 3.05) is 6.61 Å². The number of H-pyrrole nitrogens is 1. The summed E-state index contributed by atoms with van der Waals surface area (Å²) in [5.41, 5.74) is -0.625. The van der Waals surface area contributed by atoms with Crippen LogP contribution < -0.4 is 10.9 Å². The maximum atomic E-state index is 11.8. The molecule has 2 N–H and O–H groups in total. The average Bonchev–Trinajstić information content (AvgIpc) is 2.48. The van der Waals surface area contributed by atoms with Crippen molar-refractivity contribution in [2.45, 2.75) is 38.6 Å². The second kappa shape index (κ2) is 7.06. The van der Waals surface area contributed by atoms with Crippen LogP contribution in [0.3, 0.4) is 0 Å². The number of amides is 1. The monoisotopic (exact) mass is 292 g/mol. The van der Waals surface area contributed by atoms with Crippen molar-refractivity contribution in [1.82, 2.24) is 10.3 Å². The van der Waals surface area contributed by atoms with Crippen molar-refractivity contribution in [3.8, 4) is 0 Å². The van der Waals surface area contributed by atoms with E-state index < -0.39 is 11.5 Å². The van der Waals surface area contributed by atoms with Gasteiger partial charge >= 0.3 is 5.97 Å². The van der Waals surface area contributed by atoms with E-state index in [0.29, 0.717) is 5.92 Å². The maximum absolute atomic E-state index is 11.8. The lowest BCUT2D eigenvalue weighted by atomic mass is 9.86. The van der Waals surface area contributed by atoms with E-state index in [1.54, 1.807) is 0 Å². The predicted octanol–water partition coefficient (Wildman–Crippen LogP) is 1.23. The minimum Gasteiger partial charge on any atom is -0.452 e. The first kappa shape index (κ1) is 15.3. The molecule has 0 aliphatic heterocycles. The van der Waals surface area contributed by atoms with Gasteiger partial charge in [0.05, 0.1) is 0 Å². The summed E-state index contributed by atoms with van der Waals surface area (Å²) in [5, 5.41) is 2.89. The van der Waals surface area contributed by atoms with Crippen LogP contribution in [0.1, 0.15) is 43.0 Å². The Morgan fingerprint density at radius 3 is 2.86 bits per heavy atom. The van der Waals surface area contributed by atoms with Crippen molar-refractivity contribution < 1.29 is 14.3 Å². The van der Waals surface area contributed by atoms with E-state index in [2.05, 4.69) is 17.2 Å². The van der Waals surface area contributed by atoms with Crippen LogP contribution in [0.5, 0.6) is 0 Å². The van der Waals surface area contributed by atoms with Gasteiger partial charge in [-0.3, -0.25) is 9.59 Å². The van der Waals surface area contributed by atoms with Crippen molar-refractivity contribution in [1.29, 1.82) is 0 Å². The van der Waals surface area contributed by atoms with Crippen LogP contribution in [0.4, 0.5) is 0 Å². The summed E-state index contributed by atoms with van der Waals surface area (Å²) in [4.78, 5) is 37.3. The molecule has 1 fully saturated rings. The largest absolute Gasteiger partial charge is 0.452 e. The minimum atomic E-state index is -0.788. The second-order valence-electron chi connectivity index (χ2n) is 5.42. The summed E-state index contributed by atoms with van der Waals surface area (Å²) in [6.45, 7) is 1.75. The van der Waals surface area contributed by atoms with Gasteiger partial charge in [-0.2, -0.15) is 0 Å². The molecule has 6 heteroatoms. The van der Waals surface area contributed by atoms with Gasteiger partial charge in [0.15, 0.2) is 6.61 Å². The number of pyridine rings is 1. The fraction of sp³-hybridized carbons (Fsp3) is 0.533. The molecule has 2 rings (SSSR count). The predicted molar refractivity (Wildman–Crippen MR) is 76.9 cm³/mol. The van der Waals surface area contributed by atoms with Crippen LogP contribution in [0, 0.1) is 5.92 Å². The highest BCUT2D eigenvalue weighted by molar-refractivity contribution is 5.90. The van der Waals surface area contributed by atoms with Crippen LogP contribution in [0.2, 0.25) is 0 Å². The number of rotatable bonds is 4. The quantitative estimate of drug-likeness (QED) is 0.817. The smallest absolute Gasteiger partial charge is 0.344 e. The fourth-order valence-electron chi connectivity index (χ4n) is 2.57. The van der Waals surface area contributed by atoms with Crippen molar-refractivity contribution >= 4 is 11.9 Å². The van der Waals surface area contributed by atoms with Gasteiger partial charge in [0.2, 0.25) is 0 Å². The molecule has 1 aliphatic carbocycles. The van der Waals surface area contributed by atoms with Gasteiger partial charge in [-0.1, -0.05) is 19.8 Å². The summed E-state index contributed by atoms with van der Waals surface area (Å²) >= 11 is 0. The molecule has 2 atom stereocenters. The van der Waals surface area contributed by atoms with Gasteiger partial charge in [-0.15, -0.1) is 0 Å². The zero-order valence-corrected chi connectivity index (χ0v) is 12.1. The van der Waals surface area contributed by atoms with E-state index in [-0.39, 0.29) is 24.1 Å². The summed E-state index contributed by atoms with van der Waals surface area (Å²) in [7, 11) is 0. The fourth-order valence-corrected chi connectivity index (χ4v) is 2.57. The standard InChI is InChI=1S/C15H20N2O4/c1-10-5-2-3-7-12(10)17-13(18)9-21-15(20)11-6-4-8-16-14(11)19/h4,6,8,10,12H,2-3,5,7,9H2,1H3,(H,16,19)(H,17,18)/t10-,12+/m1/s1. The van der Waals surface area contributed by atoms with Crippen LogP contribution >= 0.6 is 0 Å². The molecule has 1 aromatic heterocycles. The van der Waals surface area contributed by atoms with Gasteiger partial charge in [-0.25, -0.2) is 4.79 Å². The minimum absolute atomic E-state index is 0.101. The highest BCUT2D eigenvalue weighted by Gasteiger charge is 2.23. The van der Waals surface area contributed by atoms with Gasteiger partial charge in [0, 0.05) is 12.2 Å². The van der Waals surface area contributed by atoms with E-state index in [1.165, 1.54) is 24.8 Å². The molecule has 6 nitrogen and oxygen atoms in total. The van der Waals surface area contributed by atoms with Crippen LogP contribution in [0.15, 0.2) is 23.1 Å². The Hall–Kier alpha value is -2.11. The molecule has 1 heterocycles. The van der Waals surface area contributed by atoms with Gasteiger partial charge in [0.1, 0.15) is 5.56 Å². The van der Waals surface area contributed by atoms with Crippen molar-refractivity contribution in [3.05, 3.63) is 34.2 Å². The highest BCUT2D eigenvalue weighted by atomic mass is 16.5. The number of ether oxygens (including phenoxy) is 1. The Labute approximate surface area is 122 Å². The number of carbonyl (C=O) groups is 2. The Morgan fingerprint density at radius 1 is 1.38 bits per heavy atom. The molecular weight excluding hydrogens is 272 g/mol. The molecular formula is C15H20N2O4. The molecule has 0 aromatic carbocycles. The molecule has 21 heavy (non-hydrogen) atoms. The number of aromatic amines is 1. The molecule has 0 radical (unpaired) electrons. The molecule has 0 spiro atoms. The normalized spacial score (nSPS) is 21.6. The van der Waals surface area contributed by atoms with Crippen molar-refractivity contribution in [2.24, 2.45) is 5.92 Å². The molecule has 1 aliphatic rings. The first-order valence-corrected chi connectivity index (χ1v) is 7.22. The number of hydrogen-bond donors (Lipinski definition) is 2. The number of esters is 1. The van der Waals surface area contributed by atoms with E-state index in [9.17, 15) is 14.4 Å². The summed E-state index contributed by atoms with van der Waals surface area (Å²) < 4.78 is 4.88. The van der Waals surface area contributed by atoms with Gasteiger partial charge in [0.25, 0.3) is 11.5 Å². The summed E-state index contributed by atoms with van der Waals surface area (Å²) in [6, 6.07) is 3.04. The van der Waals surface area contributed by atoms with E-state index in [0.717, 1.165) is 19.3 Å². The molecule has 0 saturated heterocycles. The highest BCUT2D eigenvalue weighted by Crippen LogP contribution is 2.23. The molecule has 0 unspecified atom stereocenters. The van der Waals surface area contributed by atoms with Crippen LogP contribution in [0.25, 0.3) is 0 Å². The number of carbonyl (C=O) groups excluding carboxylic acids is 2. The summed E-state index contributed by atoms with van der Waals surface area (Å²) in [5.74, 6) is -0.673. The first-order valence-electron chi connectivity index (χ1n) is 7.22. The van der Waals surface area contributed by atoms with Gasteiger partial charge in [-0.05, 0) is 30.9 Å². The first-order chi connectivity index (χ1) is 10.1. The van der Waals surface area contributed by atoms with E-state index in [4.69, 9.17) is 4.74 Å². The lowest BCUT2D eigenvalue weighted by molar-refractivity contribution is -0.125. The molecule has 1 saturated carbocycles. The zero-order chi connectivity index (χ0) is 15.2. The van der Waals surface area contributed by atoms with E-state index in [1.807, 2.05) is 0 Å². The summed E-state index contributed by atoms with van der Waals surface area (Å²) in [6.07, 6.45) is 5.79. The number of nitrogens with one attached hydrogen (secondary N) is 2. The SMILES string of the molecule is C[C@@H]1CCCC[C@@H]1NC(=O)COC(=O)c1ccc[nH]c1=O. The second-order valence-corrected chi connectivity index (χ2v) is 5.42.